The second-order valence-electron chi connectivity index (χ2n) is 4.48. The Morgan fingerprint density at radius 3 is 2.39 bits per heavy atom. The fourth-order valence-electron chi connectivity index (χ4n) is 1.60. The third-order valence-electron chi connectivity index (χ3n) is 2.91. The molecule has 1 rings (SSSR count). The molecular formula is C12H15Br2NO3. The summed E-state index contributed by atoms with van der Waals surface area (Å²) in [4.78, 5) is 11.7. The molecule has 0 spiro atoms. The van der Waals surface area contributed by atoms with Gasteiger partial charge >= 0.3 is 5.97 Å². The van der Waals surface area contributed by atoms with E-state index in [-0.39, 0.29) is 5.75 Å². The fraction of sp³-hybridized carbons (Fsp3) is 0.417. The molecule has 0 fully saturated rings. The van der Waals surface area contributed by atoms with Gasteiger partial charge in [-0.3, -0.25) is 4.79 Å². The number of benzene rings is 1. The minimum absolute atomic E-state index is 0.0221. The number of hydrogen-bond donors (Lipinski definition) is 2. The van der Waals surface area contributed by atoms with E-state index in [9.17, 15) is 9.90 Å². The van der Waals surface area contributed by atoms with Crippen molar-refractivity contribution < 1.29 is 14.6 Å². The highest BCUT2D eigenvalue weighted by Gasteiger charge is 2.39. The summed E-state index contributed by atoms with van der Waals surface area (Å²) in [5, 5.41) is 10.1. The highest BCUT2D eigenvalue weighted by Crippen LogP contribution is 2.43. The van der Waals surface area contributed by atoms with Crippen LogP contribution in [0.15, 0.2) is 21.1 Å². The van der Waals surface area contributed by atoms with E-state index in [1.54, 1.807) is 26.0 Å². The lowest BCUT2D eigenvalue weighted by molar-refractivity contribution is -0.152. The quantitative estimate of drug-likeness (QED) is 0.790. The highest BCUT2D eigenvalue weighted by molar-refractivity contribution is 9.11. The van der Waals surface area contributed by atoms with Crippen molar-refractivity contribution in [2.45, 2.75) is 19.9 Å². The van der Waals surface area contributed by atoms with Gasteiger partial charge in [-0.25, -0.2) is 0 Å². The molecule has 3 N–H and O–H groups in total. The summed E-state index contributed by atoms with van der Waals surface area (Å²) in [6.45, 7) is 3.35. The average Bonchev–Trinajstić information content (AvgIpc) is 2.33. The predicted octanol–water partition coefficient (Wildman–Crippen LogP) is 3.12. The maximum Gasteiger partial charge on any atom is 0.313 e. The zero-order valence-corrected chi connectivity index (χ0v) is 13.5. The zero-order chi connectivity index (χ0) is 14.1. The van der Waals surface area contributed by atoms with E-state index in [4.69, 9.17) is 10.5 Å². The number of phenolic OH excluding ortho intramolecular Hbond substituents is 1. The molecule has 0 saturated carbocycles. The van der Waals surface area contributed by atoms with Crippen LogP contribution in [0.1, 0.15) is 25.5 Å². The molecule has 0 unspecified atom stereocenters. The summed E-state index contributed by atoms with van der Waals surface area (Å²) in [6, 6.07) is 2.75. The van der Waals surface area contributed by atoms with Crippen molar-refractivity contribution in [1.82, 2.24) is 0 Å². The van der Waals surface area contributed by atoms with Crippen LogP contribution in [0.25, 0.3) is 0 Å². The SMILES string of the molecule is COC(=O)C(C)(C)[C@H](N)c1c(Br)ccc(Br)c1O. The van der Waals surface area contributed by atoms with Crippen molar-refractivity contribution in [3.63, 3.8) is 0 Å². The highest BCUT2D eigenvalue weighted by atomic mass is 79.9. The number of ether oxygens (including phenoxy) is 1. The summed E-state index contributed by atoms with van der Waals surface area (Å²) >= 11 is 6.56. The summed E-state index contributed by atoms with van der Waals surface area (Å²) in [6.07, 6.45) is 0. The van der Waals surface area contributed by atoms with Crippen molar-refractivity contribution in [2.24, 2.45) is 11.1 Å². The summed E-state index contributed by atoms with van der Waals surface area (Å²) in [5.74, 6) is -0.407. The van der Waals surface area contributed by atoms with Crippen molar-refractivity contribution in [3.8, 4) is 5.75 Å². The van der Waals surface area contributed by atoms with Crippen LogP contribution in [0.5, 0.6) is 5.75 Å². The van der Waals surface area contributed by atoms with Gasteiger partial charge < -0.3 is 15.6 Å². The van der Waals surface area contributed by atoms with Crippen LogP contribution in [0, 0.1) is 5.41 Å². The van der Waals surface area contributed by atoms with E-state index >= 15 is 0 Å². The van der Waals surface area contributed by atoms with Crippen molar-refractivity contribution >= 4 is 37.8 Å². The first-order valence-corrected chi connectivity index (χ1v) is 6.83. The molecule has 100 valence electrons. The van der Waals surface area contributed by atoms with Gasteiger partial charge in [0.05, 0.1) is 23.0 Å². The molecule has 0 saturated heterocycles. The molecule has 0 aliphatic carbocycles. The molecule has 1 atom stereocenters. The Morgan fingerprint density at radius 1 is 1.39 bits per heavy atom. The van der Waals surface area contributed by atoms with Crippen LogP contribution >= 0.6 is 31.9 Å². The first-order chi connectivity index (χ1) is 8.23. The minimum Gasteiger partial charge on any atom is -0.506 e. The van der Waals surface area contributed by atoms with Crippen LogP contribution < -0.4 is 5.73 Å². The number of methoxy groups -OCH3 is 1. The van der Waals surface area contributed by atoms with Crippen LogP contribution in [-0.4, -0.2) is 18.2 Å². The maximum absolute atomic E-state index is 11.7. The Kier molecular flexibility index (Phi) is 4.80. The molecule has 0 radical (unpaired) electrons. The van der Waals surface area contributed by atoms with Crippen molar-refractivity contribution in [3.05, 3.63) is 26.6 Å². The van der Waals surface area contributed by atoms with Gasteiger partial charge in [0.2, 0.25) is 0 Å². The van der Waals surface area contributed by atoms with Crippen LogP contribution in [-0.2, 0) is 9.53 Å². The number of phenols is 1. The largest absolute Gasteiger partial charge is 0.506 e. The van der Waals surface area contributed by atoms with E-state index < -0.39 is 17.4 Å². The average molecular weight is 381 g/mol. The first kappa shape index (κ1) is 15.5. The Hall–Kier alpha value is -0.590. The molecule has 6 heteroatoms. The summed E-state index contributed by atoms with van der Waals surface area (Å²) < 4.78 is 5.91. The molecular weight excluding hydrogens is 366 g/mol. The molecule has 4 nitrogen and oxygen atoms in total. The number of nitrogens with two attached hydrogens (primary N) is 1. The number of esters is 1. The van der Waals surface area contributed by atoms with Crippen LogP contribution in [0.3, 0.4) is 0 Å². The molecule has 0 aliphatic heterocycles. The molecule has 1 aromatic rings. The van der Waals surface area contributed by atoms with Crippen LogP contribution in [0.2, 0.25) is 0 Å². The number of halogens is 2. The lowest BCUT2D eigenvalue weighted by atomic mass is 9.80. The zero-order valence-electron chi connectivity index (χ0n) is 10.3. The van der Waals surface area contributed by atoms with Gasteiger partial charge in [-0.2, -0.15) is 0 Å². The smallest absolute Gasteiger partial charge is 0.313 e. The first-order valence-electron chi connectivity index (χ1n) is 5.24. The van der Waals surface area contributed by atoms with E-state index in [1.165, 1.54) is 7.11 Å². The predicted molar refractivity (Wildman–Crippen MR) is 76.2 cm³/mol. The van der Waals surface area contributed by atoms with Gasteiger partial charge in [-0.15, -0.1) is 0 Å². The van der Waals surface area contributed by atoms with Gasteiger partial charge in [0.1, 0.15) is 5.75 Å². The van der Waals surface area contributed by atoms with E-state index in [0.29, 0.717) is 14.5 Å². The number of hydrogen-bond acceptors (Lipinski definition) is 4. The third-order valence-corrected chi connectivity index (χ3v) is 4.25. The molecule has 0 aliphatic rings. The Morgan fingerprint density at radius 2 is 1.89 bits per heavy atom. The van der Waals surface area contributed by atoms with E-state index in [1.807, 2.05) is 0 Å². The van der Waals surface area contributed by atoms with Gasteiger partial charge in [0.25, 0.3) is 0 Å². The Labute approximate surface area is 123 Å². The molecule has 1 aromatic carbocycles. The van der Waals surface area contributed by atoms with E-state index in [2.05, 4.69) is 31.9 Å². The summed E-state index contributed by atoms with van der Waals surface area (Å²) in [7, 11) is 1.31. The second-order valence-corrected chi connectivity index (χ2v) is 6.19. The number of carbonyl (C=O) groups is 1. The van der Waals surface area contributed by atoms with Gasteiger partial charge in [-0.05, 0) is 41.9 Å². The van der Waals surface area contributed by atoms with Crippen molar-refractivity contribution in [1.29, 1.82) is 0 Å². The molecule has 0 aromatic heterocycles. The molecule has 18 heavy (non-hydrogen) atoms. The maximum atomic E-state index is 11.7. The summed E-state index contributed by atoms with van der Waals surface area (Å²) in [5.41, 5.74) is 5.63. The monoisotopic (exact) mass is 379 g/mol. The van der Waals surface area contributed by atoms with Crippen molar-refractivity contribution in [2.75, 3.05) is 7.11 Å². The lowest BCUT2D eigenvalue weighted by Crippen LogP contribution is -2.37. The second kappa shape index (κ2) is 5.59. The third kappa shape index (κ3) is 2.70. The fourth-order valence-corrected chi connectivity index (χ4v) is 2.52. The lowest BCUT2D eigenvalue weighted by Gasteiger charge is -2.30. The topological polar surface area (TPSA) is 72.5 Å². The number of aromatic hydroxyl groups is 1. The number of carbonyl (C=O) groups excluding carboxylic acids is 1. The van der Waals surface area contributed by atoms with Gasteiger partial charge in [0, 0.05) is 10.0 Å². The number of rotatable bonds is 3. The Balaban J connectivity index is 3.31. The normalized spacial score (nSPS) is 13.2. The minimum atomic E-state index is -0.949. The van der Waals surface area contributed by atoms with Gasteiger partial charge in [-0.1, -0.05) is 15.9 Å². The molecule has 0 bridgehead atoms. The van der Waals surface area contributed by atoms with Crippen LogP contribution in [0.4, 0.5) is 0 Å². The standard InChI is InChI=1S/C12H15Br2NO3/c1-12(2,11(17)18-3)10(15)8-6(13)4-5-7(14)9(8)16/h4-5,10,16H,15H2,1-3H3/t10-/m1/s1. The Bertz CT molecular complexity index is 475. The van der Waals surface area contributed by atoms with E-state index in [0.717, 1.165) is 0 Å². The molecule has 0 amide bonds. The van der Waals surface area contributed by atoms with Gasteiger partial charge in [0.15, 0.2) is 0 Å². The molecule has 0 heterocycles.